The van der Waals surface area contributed by atoms with E-state index in [0.717, 1.165) is 49.7 Å². The first-order chi connectivity index (χ1) is 10.4. The van der Waals surface area contributed by atoms with Crippen LogP contribution in [0.25, 0.3) is 0 Å². The van der Waals surface area contributed by atoms with Gasteiger partial charge in [-0.15, -0.1) is 0 Å². The van der Waals surface area contributed by atoms with Crippen LogP contribution in [-0.4, -0.2) is 49.4 Å². The maximum Gasteiger partial charge on any atom is 0.237 e. The monoisotopic (exact) mass is 324 g/mol. The first-order valence-electron chi connectivity index (χ1n) is 7.65. The molecule has 1 heterocycles. The standard InChI is InChI=1S/C16H24N2O3S/c1-14-6-8-15(9-7-14)12-18(22(2,20)21)13-16(19)17-10-4-3-5-11-17/h6-9H,3-5,10-13H2,1-2H3. The number of carbonyl (C=O) groups is 1. The van der Waals surface area contributed by atoms with E-state index in [-0.39, 0.29) is 19.0 Å². The summed E-state index contributed by atoms with van der Waals surface area (Å²) < 4.78 is 25.2. The molecular weight excluding hydrogens is 300 g/mol. The number of rotatable bonds is 5. The number of hydrogen-bond donors (Lipinski definition) is 0. The van der Waals surface area contributed by atoms with Gasteiger partial charge in [0.2, 0.25) is 15.9 Å². The Labute approximate surface area is 133 Å². The van der Waals surface area contributed by atoms with E-state index in [2.05, 4.69) is 0 Å². The fourth-order valence-electron chi connectivity index (χ4n) is 2.58. The van der Waals surface area contributed by atoms with Gasteiger partial charge in [0.15, 0.2) is 0 Å². The Bertz CT molecular complexity index is 605. The van der Waals surface area contributed by atoms with E-state index in [4.69, 9.17) is 0 Å². The first kappa shape index (κ1) is 17.0. The molecule has 0 saturated carbocycles. The molecule has 1 amide bonds. The van der Waals surface area contributed by atoms with Crippen LogP contribution in [0.3, 0.4) is 0 Å². The van der Waals surface area contributed by atoms with Crippen molar-refractivity contribution in [2.75, 3.05) is 25.9 Å². The van der Waals surface area contributed by atoms with Crippen molar-refractivity contribution >= 4 is 15.9 Å². The minimum absolute atomic E-state index is 0.0767. The van der Waals surface area contributed by atoms with E-state index >= 15 is 0 Å². The normalized spacial score (nSPS) is 16.0. The number of hydrogen-bond acceptors (Lipinski definition) is 3. The zero-order chi connectivity index (χ0) is 16.2. The van der Waals surface area contributed by atoms with Crippen molar-refractivity contribution in [1.29, 1.82) is 0 Å². The van der Waals surface area contributed by atoms with Crippen LogP contribution in [0.2, 0.25) is 0 Å². The zero-order valence-electron chi connectivity index (χ0n) is 13.3. The van der Waals surface area contributed by atoms with Crippen LogP contribution in [0.15, 0.2) is 24.3 Å². The Kier molecular flexibility index (Phi) is 5.58. The number of nitrogens with zero attached hydrogens (tertiary/aromatic N) is 2. The molecule has 6 heteroatoms. The molecule has 2 rings (SSSR count). The third kappa shape index (κ3) is 4.81. The number of benzene rings is 1. The highest BCUT2D eigenvalue weighted by Crippen LogP contribution is 2.13. The summed E-state index contributed by atoms with van der Waals surface area (Å²) in [6.45, 7) is 3.62. The molecule has 22 heavy (non-hydrogen) atoms. The quantitative estimate of drug-likeness (QED) is 0.829. The van der Waals surface area contributed by atoms with Crippen LogP contribution in [0, 0.1) is 6.92 Å². The van der Waals surface area contributed by atoms with E-state index in [9.17, 15) is 13.2 Å². The van der Waals surface area contributed by atoms with Gasteiger partial charge < -0.3 is 4.90 Å². The van der Waals surface area contributed by atoms with E-state index < -0.39 is 10.0 Å². The van der Waals surface area contributed by atoms with Gasteiger partial charge in [-0.1, -0.05) is 29.8 Å². The van der Waals surface area contributed by atoms with Gasteiger partial charge in [0.05, 0.1) is 12.8 Å². The first-order valence-corrected chi connectivity index (χ1v) is 9.49. The average Bonchev–Trinajstić information content (AvgIpc) is 2.48. The third-order valence-corrected chi connectivity index (χ3v) is 5.17. The molecule has 0 aromatic heterocycles. The molecule has 0 unspecified atom stereocenters. The molecule has 1 aliphatic heterocycles. The van der Waals surface area contributed by atoms with Gasteiger partial charge >= 0.3 is 0 Å². The van der Waals surface area contributed by atoms with Crippen molar-refractivity contribution in [2.45, 2.75) is 32.7 Å². The van der Waals surface area contributed by atoms with Crippen molar-refractivity contribution < 1.29 is 13.2 Å². The van der Waals surface area contributed by atoms with E-state index in [1.165, 1.54) is 4.31 Å². The summed E-state index contributed by atoms with van der Waals surface area (Å²) in [4.78, 5) is 14.1. The fraction of sp³-hybridized carbons (Fsp3) is 0.562. The van der Waals surface area contributed by atoms with Gasteiger partial charge in [-0.25, -0.2) is 8.42 Å². The van der Waals surface area contributed by atoms with Crippen LogP contribution in [-0.2, 0) is 21.4 Å². The van der Waals surface area contributed by atoms with Crippen LogP contribution in [0.4, 0.5) is 0 Å². The molecule has 0 N–H and O–H groups in total. The van der Waals surface area contributed by atoms with Gasteiger partial charge in [0, 0.05) is 19.6 Å². The molecule has 1 aromatic carbocycles. The van der Waals surface area contributed by atoms with Crippen molar-refractivity contribution in [2.24, 2.45) is 0 Å². The number of piperidine rings is 1. The lowest BCUT2D eigenvalue weighted by Crippen LogP contribution is -2.44. The van der Waals surface area contributed by atoms with Gasteiger partial charge in [0.1, 0.15) is 0 Å². The van der Waals surface area contributed by atoms with Crippen molar-refractivity contribution in [3.05, 3.63) is 35.4 Å². The van der Waals surface area contributed by atoms with Crippen LogP contribution in [0.5, 0.6) is 0 Å². The minimum atomic E-state index is -3.42. The summed E-state index contributed by atoms with van der Waals surface area (Å²) in [5.41, 5.74) is 2.02. The molecule has 5 nitrogen and oxygen atoms in total. The van der Waals surface area contributed by atoms with Crippen molar-refractivity contribution in [1.82, 2.24) is 9.21 Å². The van der Waals surface area contributed by atoms with Crippen LogP contribution in [0.1, 0.15) is 30.4 Å². The molecule has 122 valence electrons. The molecule has 0 spiro atoms. The number of amides is 1. The Hall–Kier alpha value is -1.40. The molecule has 0 radical (unpaired) electrons. The van der Waals surface area contributed by atoms with E-state index in [0.29, 0.717) is 0 Å². The smallest absolute Gasteiger partial charge is 0.237 e. The average molecular weight is 324 g/mol. The van der Waals surface area contributed by atoms with Crippen LogP contribution < -0.4 is 0 Å². The predicted octanol–water partition coefficient (Wildman–Crippen LogP) is 1.77. The topological polar surface area (TPSA) is 57.7 Å². The Morgan fingerprint density at radius 3 is 2.27 bits per heavy atom. The van der Waals surface area contributed by atoms with E-state index in [1.54, 1.807) is 4.90 Å². The van der Waals surface area contributed by atoms with Gasteiger partial charge in [0.25, 0.3) is 0 Å². The minimum Gasteiger partial charge on any atom is -0.342 e. The number of carbonyl (C=O) groups excluding carboxylic acids is 1. The second-order valence-electron chi connectivity index (χ2n) is 5.96. The molecule has 0 aliphatic carbocycles. The molecule has 0 bridgehead atoms. The Morgan fingerprint density at radius 2 is 1.73 bits per heavy atom. The lowest BCUT2D eigenvalue weighted by atomic mass is 10.1. The van der Waals surface area contributed by atoms with Gasteiger partial charge in [-0.05, 0) is 31.7 Å². The van der Waals surface area contributed by atoms with Gasteiger partial charge in [-0.2, -0.15) is 4.31 Å². The fourth-order valence-corrected chi connectivity index (χ4v) is 3.31. The Balaban J connectivity index is 2.06. The highest BCUT2D eigenvalue weighted by atomic mass is 32.2. The lowest BCUT2D eigenvalue weighted by molar-refractivity contribution is -0.132. The maximum atomic E-state index is 12.3. The highest BCUT2D eigenvalue weighted by Gasteiger charge is 2.24. The molecule has 1 fully saturated rings. The summed E-state index contributed by atoms with van der Waals surface area (Å²) in [6, 6.07) is 7.70. The maximum absolute atomic E-state index is 12.3. The van der Waals surface area contributed by atoms with Crippen molar-refractivity contribution in [3.8, 4) is 0 Å². The number of aryl methyl sites for hydroxylation is 1. The summed E-state index contributed by atoms with van der Waals surface area (Å²) in [5.74, 6) is -0.0998. The predicted molar refractivity (Wildman–Crippen MR) is 86.9 cm³/mol. The lowest BCUT2D eigenvalue weighted by Gasteiger charge is -2.29. The molecular formula is C16H24N2O3S. The van der Waals surface area contributed by atoms with E-state index in [1.807, 2.05) is 31.2 Å². The zero-order valence-corrected chi connectivity index (χ0v) is 14.1. The van der Waals surface area contributed by atoms with Crippen molar-refractivity contribution in [3.63, 3.8) is 0 Å². The summed E-state index contributed by atoms with van der Waals surface area (Å²) in [5, 5.41) is 0. The summed E-state index contributed by atoms with van der Waals surface area (Å²) in [7, 11) is -3.42. The second kappa shape index (κ2) is 7.24. The van der Waals surface area contributed by atoms with Crippen LogP contribution >= 0.6 is 0 Å². The third-order valence-electron chi connectivity index (χ3n) is 3.97. The summed E-state index contributed by atoms with van der Waals surface area (Å²) in [6.07, 6.45) is 4.30. The highest BCUT2D eigenvalue weighted by molar-refractivity contribution is 7.88. The molecule has 1 aliphatic rings. The van der Waals surface area contributed by atoms with Gasteiger partial charge in [-0.3, -0.25) is 4.79 Å². The molecule has 1 aromatic rings. The largest absolute Gasteiger partial charge is 0.342 e. The second-order valence-corrected chi connectivity index (χ2v) is 7.94. The molecule has 1 saturated heterocycles. The SMILES string of the molecule is Cc1ccc(CN(CC(=O)N2CCCCC2)S(C)(=O)=O)cc1. The number of likely N-dealkylation sites (tertiary alicyclic amines) is 1. The molecule has 0 atom stereocenters. The summed E-state index contributed by atoms with van der Waals surface area (Å²) >= 11 is 0. The number of sulfonamides is 1. The Morgan fingerprint density at radius 1 is 1.14 bits per heavy atom.